The van der Waals surface area contributed by atoms with Gasteiger partial charge >= 0.3 is 0 Å². The fourth-order valence-corrected chi connectivity index (χ4v) is 6.38. The molecule has 0 saturated heterocycles. The summed E-state index contributed by atoms with van der Waals surface area (Å²) in [6, 6.07) is 12.7. The molecule has 4 rings (SSSR count). The van der Waals surface area contributed by atoms with Gasteiger partial charge in [-0.25, -0.2) is 0 Å². The Morgan fingerprint density at radius 2 is 1.84 bits per heavy atom. The molecule has 2 atom stereocenters. The molecule has 0 bridgehead atoms. The van der Waals surface area contributed by atoms with Crippen LogP contribution >= 0.6 is 23.1 Å². The quantitative estimate of drug-likeness (QED) is 0.432. The van der Waals surface area contributed by atoms with Gasteiger partial charge in [0.1, 0.15) is 0 Å². The van der Waals surface area contributed by atoms with Gasteiger partial charge in [0.15, 0.2) is 5.78 Å². The smallest absolute Gasteiger partial charge is 0.216 e. The molecule has 1 aromatic heterocycles. The Morgan fingerprint density at radius 1 is 1.12 bits per heavy atom. The van der Waals surface area contributed by atoms with Crippen molar-refractivity contribution >= 4 is 40.1 Å². The molecule has 2 unspecified atom stereocenters. The van der Waals surface area contributed by atoms with E-state index in [2.05, 4.69) is 69.3 Å². The van der Waals surface area contributed by atoms with Gasteiger partial charge in [-0.05, 0) is 66.8 Å². The Kier molecular flexibility index (Phi) is 6.73. The van der Waals surface area contributed by atoms with Crippen molar-refractivity contribution in [3.05, 3.63) is 85.6 Å². The monoisotopic (exact) mass is 462 g/mol. The van der Waals surface area contributed by atoms with Gasteiger partial charge in [0.2, 0.25) is 5.12 Å². The summed E-state index contributed by atoms with van der Waals surface area (Å²) >= 11 is 3.05. The van der Waals surface area contributed by atoms with Crippen molar-refractivity contribution in [3.63, 3.8) is 0 Å². The number of aryl methyl sites for hydroxylation is 1. The number of thioether (sulfide) groups is 1. The molecule has 0 radical (unpaired) electrons. The average molecular weight is 463 g/mol. The first kappa shape index (κ1) is 23.0. The Hall–Kier alpha value is -2.17. The fourth-order valence-electron chi connectivity index (χ4n) is 4.83. The van der Waals surface area contributed by atoms with Crippen LogP contribution in [0.1, 0.15) is 66.8 Å². The molecular weight excluding hydrogens is 432 g/mol. The van der Waals surface area contributed by atoms with Gasteiger partial charge in [0.05, 0.1) is 5.92 Å². The first-order chi connectivity index (χ1) is 15.3. The van der Waals surface area contributed by atoms with Crippen LogP contribution in [-0.2, 0) is 9.59 Å². The van der Waals surface area contributed by atoms with Gasteiger partial charge in [0, 0.05) is 26.8 Å². The zero-order valence-corrected chi connectivity index (χ0v) is 21.0. The van der Waals surface area contributed by atoms with Crippen LogP contribution in [-0.4, -0.2) is 16.7 Å². The lowest BCUT2D eigenvalue weighted by molar-refractivity contribution is -0.117. The van der Waals surface area contributed by atoms with Crippen molar-refractivity contribution in [2.45, 2.75) is 52.9 Å². The van der Waals surface area contributed by atoms with E-state index in [1.165, 1.54) is 22.2 Å². The number of rotatable bonds is 5. The second kappa shape index (κ2) is 9.36. The van der Waals surface area contributed by atoms with Crippen LogP contribution in [0.3, 0.4) is 0 Å². The lowest BCUT2D eigenvalue weighted by atomic mass is 9.72. The third-order valence-electron chi connectivity index (χ3n) is 6.40. The third-order valence-corrected chi connectivity index (χ3v) is 8.12. The number of allylic oxidation sites excluding steroid dienone is 4. The van der Waals surface area contributed by atoms with Crippen molar-refractivity contribution in [2.75, 3.05) is 5.75 Å². The molecule has 32 heavy (non-hydrogen) atoms. The highest BCUT2D eigenvalue weighted by atomic mass is 32.2. The zero-order chi connectivity index (χ0) is 23.0. The summed E-state index contributed by atoms with van der Waals surface area (Å²) in [5, 5.41) is 0.0948. The molecule has 0 aliphatic heterocycles. The predicted octanol–water partition coefficient (Wildman–Crippen LogP) is 7.47. The highest BCUT2D eigenvalue weighted by Gasteiger charge is 2.45. The standard InChI is InChI=1S/C28H30O2S2/c1-6-31-28(30)24-17(4)13-21-14-22(15-23-12-7-18(5)32-23)27(29)26(21)25(24)20-10-8-19(9-11-20)16(2)3/h7-13,15-16,25-26H,6,14H2,1-5H3/b22-15-. The van der Waals surface area contributed by atoms with Crippen LogP contribution in [0.25, 0.3) is 6.08 Å². The molecule has 0 N–H and O–H groups in total. The van der Waals surface area contributed by atoms with E-state index in [9.17, 15) is 9.59 Å². The molecule has 0 spiro atoms. The van der Waals surface area contributed by atoms with E-state index in [4.69, 9.17) is 0 Å². The van der Waals surface area contributed by atoms with Gasteiger partial charge in [-0.2, -0.15) is 0 Å². The van der Waals surface area contributed by atoms with E-state index in [1.807, 2.05) is 13.8 Å². The minimum Gasteiger partial charge on any atom is -0.294 e. The number of Topliss-reactive ketones (excluding diaryl/α,β-unsaturated/α-hetero) is 1. The molecule has 4 heteroatoms. The maximum atomic E-state index is 13.7. The Balaban J connectivity index is 1.79. The normalized spacial score (nSPS) is 22.0. The number of benzene rings is 1. The maximum Gasteiger partial charge on any atom is 0.216 e. The number of thiophene rings is 1. The highest BCUT2D eigenvalue weighted by Crippen LogP contribution is 2.50. The van der Waals surface area contributed by atoms with Crippen molar-refractivity contribution in [1.82, 2.24) is 0 Å². The molecule has 2 aromatic rings. The van der Waals surface area contributed by atoms with Gasteiger partial charge in [0.25, 0.3) is 0 Å². The molecular formula is C28H30O2S2. The first-order valence-corrected chi connectivity index (χ1v) is 13.1. The van der Waals surface area contributed by atoms with Crippen molar-refractivity contribution in [2.24, 2.45) is 5.92 Å². The van der Waals surface area contributed by atoms with Crippen LogP contribution < -0.4 is 0 Å². The summed E-state index contributed by atoms with van der Waals surface area (Å²) in [4.78, 5) is 29.2. The summed E-state index contributed by atoms with van der Waals surface area (Å²) < 4.78 is 0. The first-order valence-electron chi connectivity index (χ1n) is 11.3. The van der Waals surface area contributed by atoms with Crippen molar-refractivity contribution in [3.8, 4) is 0 Å². The summed E-state index contributed by atoms with van der Waals surface area (Å²) in [6.45, 7) is 10.5. The van der Waals surface area contributed by atoms with E-state index in [0.717, 1.165) is 38.5 Å². The largest absolute Gasteiger partial charge is 0.294 e. The van der Waals surface area contributed by atoms with Crippen LogP contribution in [0.4, 0.5) is 0 Å². The van der Waals surface area contributed by atoms with E-state index in [1.54, 1.807) is 11.3 Å². The van der Waals surface area contributed by atoms with Crippen LogP contribution in [0.5, 0.6) is 0 Å². The second-order valence-electron chi connectivity index (χ2n) is 8.97. The molecule has 2 aliphatic rings. The van der Waals surface area contributed by atoms with E-state index < -0.39 is 0 Å². The summed E-state index contributed by atoms with van der Waals surface area (Å²) in [5.74, 6) is 0.835. The van der Waals surface area contributed by atoms with Crippen LogP contribution in [0.2, 0.25) is 0 Å². The minimum absolute atomic E-state index is 0.0948. The van der Waals surface area contributed by atoms with E-state index in [-0.39, 0.29) is 22.7 Å². The Bertz CT molecular complexity index is 1140. The number of carbonyl (C=O) groups is 2. The zero-order valence-electron chi connectivity index (χ0n) is 19.4. The number of hydrogen-bond donors (Lipinski definition) is 0. The lowest BCUT2D eigenvalue weighted by Crippen LogP contribution is -2.27. The van der Waals surface area contributed by atoms with Crippen LogP contribution in [0, 0.1) is 12.8 Å². The number of ketones is 1. The fraction of sp³-hybridized carbons (Fsp3) is 0.357. The molecule has 1 saturated carbocycles. The molecule has 166 valence electrons. The number of carbonyl (C=O) groups excluding carboxylic acids is 2. The Labute approximate surface area is 199 Å². The molecule has 2 aliphatic carbocycles. The van der Waals surface area contributed by atoms with E-state index >= 15 is 0 Å². The van der Waals surface area contributed by atoms with Gasteiger partial charge in [-0.3, -0.25) is 9.59 Å². The van der Waals surface area contributed by atoms with Crippen molar-refractivity contribution < 1.29 is 9.59 Å². The number of fused-ring (bicyclic) bond motifs is 1. The molecule has 0 amide bonds. The van der Waals surface area contributed by atoms with Crippen LogP contribution in [0.15, 0.2) is 64.8 Å². The molecule has 1 aromatic carbocycles. The highest BCUT2D eigenvalue weighted by molar-refractivity contribution is 8.14. The Morgan fingerprint density at radius 3 is 2.44 bits per heavy atom. The molecule has 1 heterocycles. The second-order valence-corrected chi connectivity index (χ2v) is 11.5. The van der Waals surface area contributed by atoms with Gasteiger partial charge in [-0.1, -0.05) is 68.4 Å². The minimum atomic E-state index is -0.285. The lowest BCUT2D eigenvalue weighted by Gasteiger charge is -2.31. The molecule has 2 nitrogen and oxygen atoms in total. The summed E-state index contributed by atoms with van der Waals surface area (Å²) in [7, 11) is 0. The van der Waals surface area contributed by atoms with E-state index in [0.29, 0.717) is 12.3 Å². The van der Waals surface area contributed by atoms with Crippen molar-refractivity contribution in [1.29, 1.82) is 0 Å². The topological polar surface area (TPSA) is 34.1 Å². The number of hydrogen-bond acceptors (Lipinski definition) is 4. The average Bonchev–Trinajstić information content (AvgIpc) is 3.30. The molecule has 1 fully saturated rings. The van der Waals surface area contributed by atoms with Gasteiger partial charge in [-0.15, -0.1) is 11.3 Å². The predicted molar refractivity (Wildman–Crippen MR) is 137 cm³/mol. The summed E-state index contributed by atoms with van der Waals surface area (Å²) in [5.41, 5.74) is 6.12. The maximum absolute atomic E-state index is 13.7. The van der Waals surface area contributed by atoms with Gasteiger partial charge < -0.3 is 0 Å². The SMILES string of the molecule is CCSC(=O)C1=C(C)C=C2C/C(=C/c3ccc(C)s3)C(=O)C2C1c1ccc(C(C)C)cc1. The third kappa shape index (κ3) is 4.35. The summed E-state index contributed by atoms with van der Waals surface area (Å²) in [6.07, 6.45) is 4.82.